The molecule has 0 unspecified atom stereocenters. The number of rotatable bonds is 7. The van der Waals surface area contributed by atoms with Gasteiger partial charge in [0, 0.05) is 18.6 Å². The lowest BCUT2D eigenvalue weighted by Crippen LogP contribution is -2.11. The summed E-state index contributed by atoms with van der Waals surface area (Å²) in [5.74, 6) is -0.195. The van der Waals surface area contributed by atoms with Crippen molar-refractivity contribution in [2.24, 2.45) is 0 Å². The Labute approximate surface area is 118 Å². The van der Waals surface area contributed by atoms with E-state index < -0.39 is 0 Å². The van der Waals surface area contributed by atoms with E-state index in [0.717, 1.165) is 10.8 Å². The number of hydrogen-bond donors (Lipinski definition) is 0. The topological polar surface area (TPSA) is 43.4 Å². The predicted octanol–water partition coefficient (Wildman–Crippen LogP) is 3.41. The standard InChI is InChI=1S/C17H18O3/c1-2-20-11-10-14(18)12-17(19)16-9-5-7-13-6-3-4-8-15(13)16/h3-9H,2,10-12H2,1H3. The molecule has 0 aliphatic carbocycles. The van der Waals surface area contributed by atoms with E-state index in [4.69, 9.17) is 4.74 Å². The van der Waals surface area contributed by atoms with Crippen molar-refractivity contribution in [1.82, 2.24) is 0 Å². The number of hydrogen-bond acceptors (Lipinski definition) is 3. The van der Waals surface area contributed by atoms with Crippen LogP contribution < -0.4 is 0 Å². The summed E-state index contributed by atoms with van der Waals surface area (Å²) in [7, 11) is 0. The Morgan fingerprint density at radius 2 is 1.80 bits per heavy atom. The molecular formula is C17H18O3. The number of benzene rings is 2. The third kappa shape index (κ3) is 3.52. The van der Waals surface area contributed by atoms with Gasteiger partial charge in [-0.25, -0.2) is 0 Å². The summed E-state index contributed by atoms with van der Waals surface area (Å²) < 4.78 is 5.13. The second-order valence-corrected chi connectivity index (χ2v) is 4.61. The lowest BCUT2D eigenvalue weighted by molar-refractivity contribution is -0.119. The van der Waals surface area contributed by atoms with Gasteiger partial charge in [-0.3, -0.25) is 9.59 Å². The molecule has 0 aliphatic rings. The molecule has 0 bridgehead atoms. The molecule has 20 heavy (non-hydrogen) atoms. The zero-order valence-electron chi connectivity index (χ0n) is 11.6. The highest BCUT2D eigenvalue weighted by atomic mass is 16.5. The fraction of sp³-hybridized carbons (Fsp3) is 0.294. The van der Waals surface area contributed by atoms with E-state index in [1.807, 2.05) is 43.3 Å². The van der Waals surface area contributed by atoms with E-state index in [-0.39, 0.29) is 18.0 Å². The molecule has 2 rings (SSSR count). The van der Waals surface area contributed by atoms with Crippen LogP contribution in [0.25, 0.3) is 10.8 Å². The zero-order chi connectivity index (χ0) is 14.4. The maximum atomic E-state index is 12.2. The Morgan fingerprint density at radius 1 is 1.05 bits per heavy atom. The van der Waals surface area contributed by atoms with E-state index in [9.17, 15) is 9.59 Å². The van der Waals surface area contributed by atoms with Gasteiger partial charge in [0.25, 0.3) is 0 Å². The van der Waals surface area contributed by atoms with Crippen molar-refractivity contribution in [3.63, 3.8) is 0 Å². The molecule has 3 heteroatoms. The number of Topliss-reactive ketones (excluding diaryl/α,β-unsaturated/α-hetero) is 2. The summed E-state index contributed by atoms with van der Waals surface area (Å²) in [6.07, 6.45) is 0.241. The van der Waals surface area contributed by atoms with Gasteiger partial charge >= 0.3 is 0 Å². The molecule has 104 valence electrons. The maximum Gasteiger partial charge on any atom is 0.170 e. The highest BCUT2D eigenvalue weighted by molar-refractivity contribution is 6.14. The number of ether oxygens (including phenoxy) is 1. The molecule has 0 amide bonds. The molecule has 0 saturated heterocycles. The summed E-state index contributed by atoms with van der Waals surface area (Å²) in [6.45, 7) is 2.86. The molecule has 2 aromatic rings. The van der Waals surface area contributed by atoms with Crippen molar-refractivity contribution in [1.29, 1.82) is 0 Å². The largest absolute Gasteiger partial charge is 0.381 e. The second-order valence-electron chi connectivity index (χ2n) is 4.61. The fourth-order valence-corrected chi connectivity index (χ4v) is 2.16. The first-order chi connectivity index (χ1) is 9.72. The Morgan fingerprint density at radius 3 is 2.60 bits per heavy atom. The molecule has 0 heterocycles. The van der Waals surface area contributed by atoms with Crippen LogP contribution in [0.4, 0.5) is 0 Å². The van der Waals surface area contributed by atoms with Gasteiger partial charge in [0.05, 0.1) is 13.0 Å². The van der Waals surface area contributed by atoms with Crippen LogP contribution in [0.2, 0.25) is 0 Å². The van der Waals surface area contributed by atoms with E-state index >= 15 is 0 Å². The van der Waals surface area contributed by atoms with Gasteiger partial charge in [-0.2, -0.15) is 0 Å². The molecular weight excluding hydrogens is 252 g/mol. The van der Waals surface area contributed by atoms with Crippen LogP contribution >= 0.6 is 0 Å². The first-order valence-electron chi connectivity index (χ1n) is 6.82. The third-order valence-corrected chi connectivity index (χ3v) is 3.18. The van der Waals surface area contributed by atoms with E-state index in [0.29, 0.717) is 25.2 Å². The van der Waals surface area contributed by atoms with Crippen LogP contribution in [0.1, 0.15) is 30.1 Å². The molecule has 3 nitrogen and oxygen atoms in total. The van der Waals surface area contributed by atoms with Gasteiger partial charge in [-0.1, -0.05) is 42.5 Å². The van der Waals surface area contributed by atoms with Gasteiger partial charge in [0.15, 0.2) is 5.78 Å². The second kappa shape index (κ2) is 6.96. The molecule has 2 aromatic carbocycles. The van der Waals surface area contributed by atoms with Crippen LogP contribution in [-0.4, -0.2) is 24.8 Å². The van der Waals surface area contributed by atoms with E-state index in [2.05, 4.69) is 0 Å². The van der Waals surface area contributed by atoms with Gasteiger partial charge in [0.1, 0.15) is 5.78 Å². The van der Waals surface area contributed by atoms with E-state index in [1.165, 1.54) is 0 Å². The van der Waals surface area contributed by atoms with Crippen LogP contribution in [0.3, 0.4) is 0 Å². The fourth-order valence-electron chi connectivity index (χ4n) is 2.16. The van der Waals surface area contributed by atoms with Crippen molar-refractivity contribution < 1.29 is 14.3 Å². The molecule has 0 fully saturated rings. The summed E-state index contributed by atoms with van der Waals surface area (Å²) in [6, 6.07) is 13.3. The predicted molar refractivity (Wildman–Crippen MR) is 79.0 cm³/mol. The lowest BCUT2D eigenvalue weighted by atomic mass is 9.98. The minimum Gasteiger partial charge on any atom is -0.381 e. The first-order valence-corrected chi connectivity index (χ1v) is 6.82. The average Bonchev–Trinajstić information content (AvgIpc) is 2.47. The maximum absolute atomic E-state index is 12.2. The van der Waals surface area contributed by atoms with Gasteiger partial charge in [0.2, 0.25) is 0 Å². The Balaban J connectivity index is 2.10. The van der Waals surface area contributed by atoms with Crippen LogP contribution in [0, 0.1) is 0 Å². The molecule has 0 radical (unpaired) electrons. The summed E-state index contributed by atoms with van der Waals surface area (Å²) >= 11 is 0. The van der Waals surface area contributed by atoms with Crippen molar-refractivity contribution in [3.05, 3.63) is 48.0 Å². The zero-order valence-corrected chi connectivity index (χ0v) is 11.6. The lowest BCUT2D eigenvalue weighted by Gasteiger charge is -2.05. The smallest absolute Gasteiger partial charge is 0.170 e. The first kappa shape index (κ1) is 14.4. The Kier molecular flexibility index (Phi) is 5.02. The number of carbonyl (C=O) groups excluding carboxylic acids is 2. The molecule has 0 saturated carbocycles. The minimum atomic E-state index is -0.122. The SMILES string of the molecule is CCOCCC(=O)CC(=O)c1cccc2ccccc12. The quantitative estimate of drug-likeness (QED) is 0.440. The number of ketones is 2. The van der Waals surface area contributed by atoms with Crippen LogP contribution in [-0.2, 0) is 9.53 Å². The Hall–Kier alpha value is -2.00. The van der Waals surface area contributed by atoms with Crippen molar-refractivity contribution >= 4 is 22.3 Å². The number of carbonyl (C=O) groups is 2. The highest BCUT2D eigenvalue weighted by Gasteiger charge is 2.14. The highest BCUT2D eigenvalue weighted by Crippen LogP contribution is 2.20. The molecule has 0 atom stereocenters. The monoisotopic (exact) mass is 270 g/mol. The molecule has 0 aromatic heterocycles. The average molecular weight is 270 g/mol. The number of fused-ring (bicyclic) bond motifs is 1. The third-order valence-electron chi connectivity index (χ3n) is 3.18. The minimum absolute atomic E-state index is 0.0545. The van der Waals surface area contributed by atoms with Gasteiger partial charge in [-0.05, 0) is 17.7 Å². The summed E-state index contributed by atoms with van der Waals surface area (Å²) in [5, 5.41) is 1.91. The van der Waals surface area contributed by atoms with Crippen LogP contribution in [0.5, 0.6) is 0 Å². The molecule has 0 aliphatic heterocycles. The Bertz CT molecular complexity index is 611. The van der Waals surface area contributed by atoms with Crippen molar-refractivity contribution in [2.45, 2.75) is 19.8 Å². The summed E-state index contributed by atoms with van der Waals surface area (Å²) in [4.78, 5) is 24.0. The van der Waals surface area contributed by atoms with Crippen molar-refractivity contribution in [2.75, 3.05) is 13.2 Å². The molecule has 0 N–H and O–H groups in total. The van der Waals surface area contributed by atoms with Crippen LogP contribution in [0.15, 0.2) is 42.5 Å². The normalized spacial score (nSPS) is 10.7. The van der Waals surface area contributed by atoms with Gasteiger partial charge < -0.3 is 4.74 Å². The summed E-state index contributed by atoms with van der Waals surface area (Å²) in [5.41, 5.74) is 0.618. The van der Waals surface area contributed by atoms with Crippen molar-refractivity contribution in [3.8, 4) is 0 Å². The molecule has 0 spiro atoms. The van der Waals surface area contributed by atoms with E-state index in [1.54, 1.807) is 6.07 Å². The van der Waals surface area contributed by atoms with Gasteiger partial charge in [-0.15, -0.1) is 0 Å².